The van der Waals surface area contributed by atoms with E-state index in [-0.39, 0.29) is 17.0 Å². The summed E-state index contributed by atoms with van der Waals surface area (Å²) in [5.41, 5.74) is 3.50. The Morgan fingerprint density at radius 2 is 1.78 bits per heavy atom. The Morgan fingerprint density at radius 1 is 1.15 bits per heavy atom. The largest absolute Gasteiger partial charge is 0.465 e. The van der Waals surface area contributed by atoms with Gasteiger partial charge in [0.2, 0.25) is 0 Å². The Hall–Kier alpha value is -2.11. The van der Waals surface area contributed by atoms with Gasteiger partial charge in [0, 0.05) is 5.69 Å². The summed E-state index contributed by atoms with van der Waals surface area (Å²) in [4.78, 5) is 11.8. The summed E-state index contributed by atoms with van der Waals surface area (Å²) in [6.07, 6.45) is 0. The van der Waals surface area contributed by atoms with Crippen molar-refractivity contribution in [3.05, 3.63) is 64.2 Å². The predicted molar refractivity (Wildman–Crippen MR) is 116 cm³/mol. The van der Waals surface area contributed by atoms with Gasteiger partial charge in [-0.1, -0.05) is 56.6 Å². The molecule has 0 saturated heterocycles. The van der Waals surface area contributed by atoms with Crippen LogP contribution in [0.5, 0.6) is 0 Å². The molecular formula is C21H25ClN2O2S. The number of carbonyl (C=O) groups is 1. The minimum Gasteiger partial charge on any atom is -0.465 e. The molecule has 2 aromatic carbocycles. The Morgan fingerprint density at radius 3 is 2.33 bits per heavy atom. The second-order valence-electron chi connectivity index (χ2n) is 7.38. The van der Waals surface area contributed by atoms with Crippen molar-refractivity contribution in [3.8, 4) is 0 Å². The van der Waals surface area contributed by atoms with Crippen LogP contribution in [-0.2, 0) is 10.2 Å². The van der Waals surface area contributed by atoms with Crippen molar-refractivity contribution in [2.45, 2.75) is 39.2 Å². The highest BCUT2D eigenvalue weighted by Crippen LogP contribution is 2.24. The molecule has 2 aromatic rings. The fourth-order valence-electron chi connectivity index (χ4n) is 2.59. The van der Waals surface area contributed by atoms with Crippen molar-refractivity contribution in [1.82, 2.24) is 5.32 Å². The molecule has 0 saturated carbocycles. The zero-order valence-corrected chi connectivity index (χ0v) is 17.8. The van der Waals surface area contributed by atoms with Gasteiger partial charge >= 0.3 is 5.97 Å². The minimum absolute atomic E-state index is 0.0337. The summed E-state index contributed by atoms with van der Waals surface area (Å²) in [5.74, 6) is -0.491. The van der Waals surface area contributed by atoms with Crippen LogP contribution in [0.4, 0.5) is 5.69 Å². The monoisotopic (exact) mass is 404 g/mol. The van der Waals surface area contributed by atoms with Crippen molar-refractivity contribution in [2.24, 2.45) is 0 Å². The lowest BCUT2D eigenvalue weighted by Gasteiger charge is -2.21. The molecule has 0 bridgehead atoms. The Bertz CT molecular complexity index is 829. The highest BCUT2D eigenvalue weighted by atomic mass is 35.5. The third-order valence-corrected chi connectivity index (χ3v) is 4.80. The number of halogens is 1. The van der Waals surface area contributed by atoms with Crippen LogP contribution in [-0.4, -0.2) is 18.2 Å². The molecule has 0 amide bonds. The normalized spacial score (nSPS) is 12.2. The van der Waals surface area contributed by atoms with Gasteiger partial charge in [-0.2, -0.15) is 0 Å². The second kappa shape index (κ2) is 8.72. The van der Waals surface area contributed by atoms with E-state index in [4.69, 9.17) is 28.6 Å². The number of hydrogen-bond acceptors (Lipinski definition) is 3. The fourth-order valence-corrected chi connectivity index (χ4v) is 3.08. The van der Waals surface area contributed by atoms with E-state index in [0.717, 1.165) is 5.56 Å². The summed E-state index contributed by atoms with van der Waals surface area (Å²) in [6, 6.07) is 13.5. The lowest BCUT2D eigenvalue weighted by atomic mass is 9.86. The number of methoxy groups -OCH3 is 1. The van der Waals surface area contributed by atoms with E-state index in [2.05, 4.69) is 55.7 Å². The molecule has 0 fully saturated rings. The van der Waals surface area contributed by atoms with Crippen LogP contribution in [0.3, 0.4) is 0 Å². The van der Waals surface area contributed by atoms with E-state index < -0.39 is 5.97 Å². The number of anilines is 1. The molecular weight excluding hydrogens is 380 g/mol. The third kappa shape index (κ3) is 5.68. The highest BCUT2D eigenvalue weighted by Gasteiger charge is 2.15. The van der Waals surface area contributed by atoms with Gasteiger partial charge in [-0.05, 0) is 53.9 Å². The zero-order valence-electron chi connectivity index (χ0n) is 16.2. The highest BCUT2D eigenvalue weighted by molar-refractivity contribution is 7.80. The molecule has 0 unspecified atom stereocenters. The minimum atomic E-state index is -0.491. The van der Waals surface area contributed by atoms with Crippen molar-refractivity contribution in [1.29, 1.82) is 0 Å². The SMILES string of the molecule is COC(=O)c1cc(NC(=S)N[C@H](C)c2ccc(C(C)(C)C)cc2)ccc1Cl. The Kier molecular flexibility index (Phi) is 6.84. The van der Waals surface area contributed by atoms with Crippen molar-refractivity contribution in [3.63, 3.8) is 0 Å². The van der Waals surface area contributed by atoms with E-state index in [1.807, 2.05) is 6.92 Å². The lowest BCUT2D eigenvalue weighted by Crippen LogP contribution is -2.31. The number of hydrogen-bond donors (Lipinski definition) is 2. The van der Waals surface area contributed by atoms with E-state index in [9.17, 15) is 4.79 Å². The smallest absolute Gasteiger partial charge is 0.339 e. The van der Waals surface area contributed by atoms with E-state index in [1.54, 1.807) is 18.2 Å². The average molecular weight is 405 g/mol. The average Bonchev–Trinajstić information content (AvgIpc) is 2.62. The summed E-state index contributed by atoms with van der Waals surface area (Å²) in [7, 11) is 1.32. The van der Waals surface area contributed by atoms with Crippen molar-refractivity contribution >= 4 is 40.6 Å². The van der Waals surface area contributed by atoms with Gasteiger partial charge in [-0.25, -0.2) is 4.79 Å². The van der Waals surface area contributed by atoms with E-state index >= 15 is 0 Å². The van der Waals surface area contributed by atoms with E-state index in [1.165, 1.54) is 12.7 Å². The zero-order chi connectivity index (χ0) is 20.2. The molecule has 0 aliphatic heterocycles. The summed E-state index contributed by atoms with van der Waals surface area (Å²) in [5, 5.41) is 7.12. The maximum atomic E-state index is 11.8. The maximum Gasteiger partial charge on any atom is 0.339 e. The number of esters is 1. The molecule has 0 heterocycles. The molecule has 2 N–H and O–H groups in total. The van der Waals surface area contributed by atoms with E-state index in [0.29, 0.717) is 15.8 Å². The van der Waals surface area contributed by atoms with Crippen LogP contribution in [0.1, 0.15) is 55.2 Å². The summed E-state index contributed by atoms with van der Waals surface area (Å²) in [6.45, 7) is 8.62. The third-order valence-electron chi connectivity index (χ3n) is 4.25. The molecule has 4 nitrogen and oxygen atoms in total. The van der Waals surface area contributed by atoms with Gasteiger partial charge in [-0.15, -0.1) is 0 Å². The molecule has 0 aliphatic rings. The fraction of sp³-hybridized carbons (Fsp3) is 0.333. The first-order chi connectivity index (χ1) is 12.6. The first kappa shape index (κ1) is 21.2. The van der Waals surface area contributed by atoms with Gasteiger partial charge in [0.05, 0.1) is 23.7 Å². The maximum absolute atomic E-state index is 11.8. The molecule has 0 radical (unpaired) electrons. The number of thiocarbonyl (C=S) groups is 1. The van der Waals surface area contributed by atoms with Crippen LogP contribution < -0.4 is 10.6 Å². The van der Waals surface area contributed by atoms with Crippen LogP contribution in [0.25, 0.3) is 0 Å². The summed E-state index contributed by atoms with van der Waals surface area (Å²) >= 11 is 11.4. The Balaban J connectivity index is 2.04. The van der Waals surface area contributed by atoms with Gasteiger partial charge in [-0.3, -0.25) is 0 Å². The van der Waals surface area contributed by atoms with Crippen LogP contribution in [0.2, 0.25) is 5.02 Å². The number of ether oxygens (including phenoxy) is 1. The number of carbonyl (C=O) groups excluding carboxylic acids is 1. The molecule has 1 atom stereocenters. The van der Waals surface area contributed by atoms with Crippen LogP contribution >= 0.6 is 23.8 Å². The molecule has 0 aliphatic carbocycles. The Labute approximate surface area is 171 Å². The molecule has 2 rings (SSSR count). The van der Waals surface area contributed by atoms with Gasteiger partial charge in [0.15, 0.2) is 5.11 Å². The predicted octanol–water partition coefficient (Wildman–Crippen LogP) is 5.47. The number of rotatable bonds is 4. The quantitative estimate of drug-likeness (QED) is 0.522. The number of nitrogens with one attached hydrogen (secondary N) is 2. The number of benzene rings is 2. The van der Waals surface area contributed by atoms with Crippen LogP contribution in [0.15, 0.2) is 42.5 Å². The van der Waals surface area contributed by atoms with Gasteiger partial charge < -0.3 is 15.4 Å². The molecule has 144 valence electrons. The van der Waals surface area contributed by atoms with Crippen molar-refractivity contribution < 1.29 is 9.53 Å². The molecule has 0 spiro atoms. The van der Waals surface area contributed by atoms with Gasteiger partial charge in [0.25, 0.3) is 0 Å². The molecule has 6 heteroatoms. The second-order valence-corrected chi connectivity index (χ2v) is 8.19. The first-order valence-corrected chi connectivity index (χ1v) is 9.46. The molecule has 0 aromatic heterocycles. The topological polar surface area (TPSA) is 50.4 Å². The van der Waals surface area contributed by atoms with Crippen LogP contribution in [0, 0.1) is 0 Å². The van der Waals surface area contributed by atoms with Gasteiger partial charge in [0.1, 0.15) is 0 Å². The first-order valence-electron chi connectivity index (χ1n) is 8.67. The standard InChI is InChI=1S/C21H25ClN2O2S/c1-13(14-6-8-15(9-7-14)21(2,3)4)23-20(27)24-16-10-11-18(22)17(12-16)19(25)26-5/h6-13H,1-5H3,(H2,23,24,27)/t13-/m1/s1. The summed E-state index contributed by atoms with van der Waals surface area (Å²) < 4.78 is 4.73. The molecule has 27 heavy (non-hydrogen) atoms. The van der Waals surface area contributed by atoms with Crippen molar-refractivity contribution in [2.75, 3.05) is 12.4 Å². The lowest BCUT2D eigenvalue weighted by molar-refractivity contribution is 0.0601.